The molecule has 1 aliphatic rings. The molecule has 2 aromatic carbocycles. The van der Waals surface area contributed by atoms with E-state index in [1.807, 2.05) is 19.1 Å². The normalized spacial score (nSPS) is 22.6. The molecule has 0 saturated carbocycles. The number of nitrogens with zero attached hydrogens (tertiary/aromatic N) is 1. The highest BCUT2D eigenvalue weighted by Gasteiger charge is 2.31. The summed E-state index contributed by atoms with van der Waals surface area (Å²) in [5.41, 5.74) is 9.81. The SMILES string of the molecule is Cc1cc(F)ccc1CN1C[C@@H](N)[C@H](c2ccccc2)C1. The highest BCUT2D eigenvalue weighted by atomic mass is 19.1. The van der Waals surface area contributed by atoms with E-state index in [1.54, 1.807) is 6.07 Å². The lowest BCUT2D eigenvalue weighted by molar-refractivity contribution is 0.323. The summed E-state index contributed by atoms with van der Waals surface area (Å²) in [6.07, 6.45) is 0. The number of rotatable bonds is 3. The Labute approximate surface area is 125 Å². The van der Waals surface area contributed by atoms with Crippen molar-refractivity contribution in [1.82, 2.24) is 4.90 Å². The van der Waals surface area contributed by atoms with E-state index in [4.69, 9.17) is 5.73 Å². The molecule has 110 valence electrons. The van der Waals surface area contributed by atoms with Crippen LogP contribution < -0.4 is 5.73 Å². The van der Waals surface area contributed by atoms with E-state index in [-0.39, 0.29) is 11.9 Å². The molecule has 2 atom stereocenters. The first-order valence-electron chi connectivity index (χ1n) is 7.41. The molecule has 0 spiro atoms. The summed E-state index contributed by atoms with van der Waals surface area (Å²) < 4.78 is 13.2. The monoisotopic (exact) mass is 284 g/mol. The molecule has 0 aliphatic carbocycles. The van der Waals surface area contributed by atoms with Gasteiger partial charge in [-0.15, -0.1) is 0 Å². The number of nitrogens with two attached hydrogens (primary N) is 1. The fourth-order valence-corrected chi connectivity index (χ4v) is 3.17. The molecular weight excluding hydrogens is 263 g/mol. The van der Waals surface area contributed by atoms with Gasteiger partial charge in [-0.25, -0.2) is 4.39 Å². The molecule has 0 aromatic heterocycles. The molecule has 1 heterocycles. The average Bonchev–Trinajstić information content (AvgIpc) is 2.84. The van der Waals surface area contributed by atoms with Crippen LogP contribution in [0.25, 0.3) is 0 Å². The summed E-state index contributed by atoms with van der Waals surface area (Å²) in [6.45, 7) is 4.64. The van der Waals surface area contributed by atoms with E-state index in [9.17, 15) is 4.39 Å². The Bertz CT molecular complexity index is 612. The molecule has 3 heteroatoms. The predicted molar refractivity (Wildman–Crippen MR) is 83.6 cm³/mol. The van der Waals surface area contributed by atoms with Crippen molar-refractivity contribution in [1.29, 1.82) is 0 Å². The Balaban J connectivity index is 1.71. The highest BCUT2D eigenvalue weighted by Crippen LogP contribution is 2.27. The fraction of sp³-hybridized carbons (Fsp3) is 0.333. The largest absolute Gasteiger partial charge is 0.326 e. The minimum absolute atomic E-state index is 0.160. The van der Waals surface area contributed by atoms with Crippen LogP contribution in [0.4, 0.5) is 4.39 Å². The van der Waals surface area contributed by atoms with Crippen molar-refractivity contribution in [3.63, 3.8) is 0 Å². The van der Waals surface area contributed by atoms with Gasteiger partial charge < -0.3 is 5.73 Å². The Hall–Kier alpha value is -1.71. The van der Waals surface area contributed by atoms with E-state index >= 15 is 0 Å². The number of benzene rings is 2. The summed E-state index contributed by atoms with van der Waals surface area (Å²) >= 11 is 0. The van der Waals surface area contributed by atoms with Gasteiger partial charge in [0, 0.05) is 31.6 Å². The molecule has 2 N–H and O–H groups in total. The van der Waals surface area contributed by atoms with Crippen LogP contribution in [-0.2, 0) is 6.54 Å². The van der Waals surface area contributed by atoms with Crippen LogP contribution in [0.1, 0.15) is 22.6 Å². The van der Waals surface area contributed by atoms with Gasteiger partial charge in [-0.3, -0.25) is 4.90 Å². The maximum Gasteiger partial charge on any atom is 0.123 e. The maximum atomic E-state index is 13.2. The zero-order valence-electron chi connectivity index (χ0n) is 12.3. The minimum Gasteiger partial charge on any atom is -0.326 e. The van der Waals surface area contributed by atoms with Crippen LogP contribution >= 0.6 is 0 Å². The third-order valence-electron chi connectivity index (χ3n) is 4.37. The molecule has 0 amide bonds. The zero-order valence-corrected chi connectivity index (χ0v) is 12.3. The third kappa shape index (κ3) is 3.14. The molecule has 1 saturated heterocycles. The Morgan fingerprint density at radius 1 is 1.14 bits per heavy atom. The van der Waals surface area contributed by atoms with E-state index in [0.717, 1.165) is 25.2 Å². The first-order chi connectivity index (χ1) is 10.1. The van der Waals surface area contributed by atoms with Crippen molar-refractivity contribution in [3.05, 3.63) is 71.0 Å². The van der Waals surface area contributed by atoms with Gasteiger partial charge in [0.25, 0.3) is 0 Å². The average molecular weight is 284 g/mol. The standard InChI is InChI=1S/C18H21FN2/c1-13-9-16(19)8-7-15(13)10-21-11-17(18(20)12-21)14-5-3-2-4-6-14/h2-9,17-18H,10-12,20H2,1H3/t17-,18+/m0/s1. The molecule has 0 unspecified atom stereocenters. The molecule has 2 nitrogen and oxygen atoms in total. The van der Waals surface area contributed by atoms with Gasteiger partial charge in [-0.2, -0.15) is 0 Å². The quantitative estimate of drug-likeness (QED) is 0.938. The summed E-state index contributed by atoms with van der Waals surface area (Å²) in [4.78, 5) is 2.36. The van der Waals surface area contributed by atoms with Crippen molar-refractivity contribution < 1.29 is 4.39 Å². The van der Waals surface area contributed by atoms with Gasteiger partial charge >= 0.3 is 0 Å². The second-order valence-electron chi connectivity index (χ2n) is 5.95. The van der Waals surface area contributed by atoms with Crippen LogP contribution in [0.2, 0.25) is 0 Å². The first-order valence-corrected chi connectivity index (χ1v) is 7.41. The number of hydrogen-bond donors (Lipinski definition) is 1. The topological polar surface area (TPSA) is 29.3 Å². The van der Waals surface area contributed by atoms with Crippen molar-refractivity contribution >= 4 is 0 Å². The van der Waals surface area contributed by atoms with Crippen LogP contribution in [0, 0.1) is 12.7 Å². The smallest absolute Gasteiger partial charge is 0.123 e. The summed E-state index contributed by atoms with van der Waals surface area (Å²) in [5.74, 6) is 0.212. The minimum atomic E-state index is -0.170. The van der Waals surface area contributed by atoms with Gasteiger partial charge in [-0.1, -0.05) is 36.4 Å². The van der Waals surface area contributed by atoms with Crippen LogP contribution in [0.5, 0.6) is 0 Å². The lowest BCUT2D eigenvalue weighted by Crippen LogP contribution is -2.28. The molecule has 3 rings (SSSR count). The van der Waals surface area contributed by atoms with Gasteiger partial charge in [-0.05, 0) is 35.7 Å². The second-order valence-corrected chi connectivity index (χ2v) is 5.95. The summed E-state index contributed by atoms with van der Waals surface area (Å²) in [6, 6.07) is 15.6. The van der Waals surface area contributed by atoms with Crippen molar-refractivity contribution in [2.24, 2.45) is 5.73 Å². The van der Waals surface area contributed by atoms with E-state index in [1.165, 1.54) is 17.2 Å². The molecule has 0 radical (unpaired) electrons. The number of likely N-dealkylation sites (tertiary alicyclic amines) is 1. The third-order valence-corrected chi connectivity index (χ3v) is 4.37. The fourth-order valence-electron chi connectivity index (χ4n) is 3.17. The van der Waals surface area contributed by atoms with Gasteiger partial charge in [0.2, 0.25) is 0 Å². The van der Waals surface area contributed by atoms with E-state index < -0.39 is 0 Å². The number of hydrogen-bond acceptors (Lipinski definition) is 2. The van der Waals surface area contributed by atoms with Crippen molar-refractivity contribution in [2.75, 3.05) is 13.1 Å². The molecule has 21 heavy (non-hydrogen) atoms. The molecule has 0 bridgehead atoms. The first kappa shape index (κ1) is 14.2. The predicted octanol–water partition coefficient (Wildman–Crippen LogP) is 3.06. The lowest BCUT2D eigenvalue weighted by Gasteiger charge is -2.17. The molecular formula is C18H21FN2. The van der Waals surface area contributed by atoms with E-state index in [0.29, 0.717) is 5.92 Å². The van der Waals surface area contributed by atoms with Gasteiger partial charge in [0.05, 0.1) is 0 Å². The highest BCUT2D eigenvalue weighted by molar-refractivity contribution is 5.28. The lowest BCUT2D eigenvalue weighted by atomic mass is 9.95. The van der Waals surface area contributed by atoms with Crippen LogP contribution in [0.3, 0.4) is 0 Å². The number of halogens is 1. The van der Waals surface area contributed by atoms with Gasteiger partial charge in [0.15, 0.2) is 0 Å². The molecule has 2 aromatic rings. The van der Waals surface area contributed by atoms with Crippen molar-refractivity contribution in [2.45, 2.75) is 25.4 Å². The maximum absolute atomic E-state index is 13.2. The molecule has 1 fully saturated rings. The van der Waals surface area contributed by atoms with Crippen molar-refractivity contribution in [3.8, 4) is 0 Å². The zero-order chi connectivity index (χ0) is 14.8. The summed E-state index contributed by atoms with van der Waals surface area (Å²) in [7, 11) is 0. The van der Waals surface area contributed by atoms with Gasteiger partial charge in [0.1, 0.15) is 5.82 Å². The van der Waals surface area contributed by atoms with Crippen LogP contribution in [0.15, 0.2) is 48.5 Å². The molecule has 1 aliphatic heterocycles. The summed E-state index contributed by atoms with van der Waals surface area (Å²) in [5, 5.41) is 0. The van der Waals surface area contributed by atoms with Crippen LogP contribution in [-0.4, -0.2) is 24.0 Å². The number of aryl methyl sites for hydroxylation is 1. The Kier molecular flexibility index (Phi) is 4.04. The Morgan fingerprint density at radius 3 is 2.62 bits per heavy atom. The second kappa shape index (κ2) is 5.96. The van der Waals surface area contributed by atoms with E-state index in [2.05, 4.69) is 29.2 Å². The Morgan fingerprint density at radius 2 is 1.90 bits per heavy atom.